The summed E-state index contributed by atoms with van der Waals surface area (Å²) in [4.78, 5) is 3.08. The Labute approximate surface area is 116 Å². The molecular weight excluding hydrogens is 318 g/mol. The molecule has 0 saturated carbocycles. The summed E-state index contributed by atoms with van der Waals surface area (Å²) in [5.41, 5.74) is 0. The van der Waals surface area contributed by atoms with Gasteiger partial charge in [-0.3, -0.25) is 0 Å². The van der Waals surface area contributed by atoms with Crippen molar-refractivity contribution in [1.82, 2.24) is 10.1 Å². The first-order chi connectivity index (χ1) is 9.27. The SMILES string of the molecule is Cc1noc(COc2c(F)cc(S(=O)(=O)Cl)cc2F)n1. The largest absolute Gasteiger partial charge is 0.478 e. The lowest BCUT2D eigenvalue weighted by atomic mass is 10.3. The molecule has 0 aliphatic heterocycles. The van der Waals surface area contributed by atoms with Crippen molar-refractivity contribution in [2.24, 2.45) is 0 Å². The van der Waals surface area contributed by atoms with Crippen molar-refractivity contribution in [2.75, 3.05) is 0 Å². The van der Waals surface area contributed by atoms with Crippen LogP contribution in [0.4, 0.5) is 8.78 Å². The topological polar surface area (TPSA) is 82.3 Å². The average molecular weight is 325 g/mol. The molecule has 0 spiro atoms. The van der Waals surface area contributed by atoms with E-state index in [1.54, 1.807) is 6.92 Å². The summed E-state index contributed by atoms with van der Waals surface area (Å²) in [6, 6.07) is 1.11. The zero-order valence-electron chi connectivity index (χ0n) is 9.93. The van der Waals surface area contributed by atoms with Crippen molar-refractivity contribution >= 4 is 19.7 Å². The summed E-state index contributed by atoms with van der Waals surface area (Å²) in [5, 5.41) is 3.47. The van der Waals surface area contributed by atoms with Crippen molar-refractivity contribution in [2.45, 2.75) is 18.4 Å². The minimum Gasteiger partial charge on any atom is -0.478 e. The molecule has 0 aliphatic carbocycles. The van der Waals surface area contributed by atoms with Crippen LogP contribution in [-0.4, -0.2) is 18.6 Å². The molecule has 0 N–H and O–H groups in total. The van der Waals surface area contributed by atoms with Crippen LogP contribution in [-0.2, 0) is 15.7 Å². The Morgan fingerprint density at radius 2 is 1.95 bits per heavy atom. The molecule has 20 heavy (non-hydrogen) atoms. The fourth-order valence-electron chi connectivity index (χ4n) is 1.35. The molecule has 0 saturated heterocycles. The van der Waals surface area contributed by atoms with E-state index in [0.29, 0.717) is 18.0 Å². The van der Waals surface area contributed by atoms with E-state index in [1.165, 1.54) is 0 Å². The lowest BCUT2D eigenvalue weighted by Gasteiger charge is -2.07. The summed E-state index contributed by atoms with van der Waals surface area (Å²) in [6.07, 6.45) is 0. The molecule has 0 radical (unpaired) electrons. The zero-order valence-corrected chi connectivity index (χ0v) is 11.5. The van der Waals surface area contributed by atoms with Gasteiger partial charge in [0, 0.05) is 10.7 Å². The van der Waals surface area contributed by atoms with Gasteiger partial charge in [-0.25, -0.2) is 17.2 Å². The number of halogens is 3. The van der Waals surface area contributed by atoms with Gasteiger partial charge >= 0.3 is 0 Å². The summed E-state index contributed by atoms with van der Waals surface area (Å²) in [6.45, 7) is 1.20. The van der Waals surface area contributed by atoms with Crippen molar-refractivity contribution < 1.29 is 26.5 Å². The fourth-order valence-corrected chi connectivity index (χ4v) is 2.10. The first-order valence-electron chi connectivity index (χ1n) is 5.13. The summed E-state index contributed by atoms with van der Waals surface area (Å²) < 4.78 is 58.7. The third-order valence-electron chi connectivity index (χ3n) is 2.16. The van der Waals surface area contributed by atoms with E-state index in [9.17, 15) is 17.2 Å². The van der Waals surface area contributed by atoms with Crippen LogP contribution in [0.1, 0.15) is 11.7 Å². The van der Waals surface area contributed by atoms with Crippen molar-refractivity contribution in [3.05, 3.63) is 35.5 Å². The maximum atomic E-state index is 13.6. The third-order valence-corrected chi connectivity index (χ3v) is 3.50. The summed E-state index contributed by atoms with van der Waals surface area (Å²) >= 11 is 0. The van der Waals surface area contributed by atoms with E-state index in [4.69, 9.17) is 19.9 Å². The molecule has 6 nitrogen and oxygen atoms in total. The van der Waals surface area contributed by atoms with Crippen molar-refractivity contribution in [3.8, 4) is 5.75 Å². The van der Waals surface area contributed by atoms with Crippen LogP contribution in [0.25, 0.3) is 0 Å². The van der Waals surface area contributed by atoms with Gasteiger partial charge in [0.1, 0.15) is 0 Å². The predicted molar refractivity (Wildman–Crippen MR) is 62.8 cm³/mol. The molecule has 2 aromatic rings. The molecule has 0 bridgehead atoms. The van der Waals surface area contributed by atoms with E-state index in [2.05, 4.69) is 10.1 Å². The monoisotopic (exact) mass is 324 g/mol. The molecule has 10 heteroatoms. The first kappa shape index (κ1) is 14.7. The van der Waals surface area contributed by atoms with Gasteiger partial charge in [-0.05, 0) is 19.1 Å². The second kappa shape index (κ2) is 5.33. The highest BCUT2D eigenvalue weighted by molar-refractivity contribution is 8.13. The van der Waals surface area contributed by atoms with Gasteiger partial charge in [0.25, 0.3) is 14.9 Å². The number of hydrogen-bond acceptors (Lipinski definition) is 6. The van der Waals surface area contributed by atoms with Crippen LogP contribution in [0.5, 0.6) is 5.75 Å². The highest BCUT2D eigenvalue weighted by Gasteiger charge is 2.19. The van der Waals surface area contributed by atoms with Crippen LogP contribution >= 0.6 is 10.7 Å². The Hall–Kier alpha value is -1.74. The fraction of sp³-hybridized carbons (Fsp3) is 0.200. The van der Waals surface area contributed by atoms with Crippen molar-refractivity contribution in [3.63, 3.8) is 0 Å². The van der Waals surface area contributed by atoms with Gasteiger partial charge in [-0.1, -0.05) is 5.16 Å². The minimum atomic E-state index is -4.23. The predicted octanol–water partition coefficient (Wildman–Crippen LogP) is 2.16. The molecule has 1 aromatic heterocycles. The van der Waals surface area contributed by atoms with Gasteiger partial charge in [-0.2, -0.15) is 4.98 Å². The molecule has 2 rings (SSSR count). The average Bonchev–Trinajstić information content (AvgIpc) is 2.72. The Morgan fingerprint density at radius 1 is 1.35 bits per heavy atom. The summed E-state index contributed by atoms with van der Waals surface area (Å²) in [7, 11) is 0.763. The quantitative estimate of drug-likeness (QED) is 0.802. The summed E-state index contributed by atoms with van der Waals surface area (Å²) in [5.74, 6) is -2.81. The number of rotatable bonds is 4. The second-order valence-corrected chi connectivity index (χ2v) is 6.24. The molecule has 0 fully saturated rings. The van der Waals surface area contributed by atoms with Gasteiger partial charge in [0.05, 0.1) is 4.90 Å². The van der Waals surface area contributed by atoms with Gasteiger partial charge in [0.15, 0.2) is 29.8 Å². The van der Waals surface area contributed by atoms with E-state index >= 15 is 0 Å². The Bertz CT molecular complexity index is 724. The smallest absolute Gasteiger partial charge is 0.264 e. The van der Waals surface area contributed by atoms with Crippen molar-refractivity contribution in [1.29, 1.82) is 0 Å². The lowest BCUT2D eigenvalue weighted by Crippen LogP contribution is -2.02. The third kappa shape index (κ3) is 3.23. The standard InChI is InChI=1S/C10H7ClF2N2O4S/c1-5-14-9(19-15-5)4-18-10-7(12)2-6(3-8(10)13)20(11,16)17/h2-3H,4H2,1H3. The Morgan fingerprint density at radius 3 is 2.40 bits per heavy atom. The maximum absolute atomic E-state index is 13.6. The molecule has 0 unspecified atom stereocenters. The number of benzene rings is 1. The van der Waals surface area contributed by atoms with E-state index in [-0.39, 0.29) is 12.5 Å². The van der Waals surface area contributed by atoms with Gasteiger partial charge < -0.3 is 9.26 Å². The number of aryl methyl sites for hydroxylation is 1. The van der Waals surface area contributed by atoms with Crippen LogP contribution < -0.4 is 4.74 Å². The Balaban J connectivity index is 2.25. The Kier molecular flexibility index (Phi) is 3.91. The second-order valence-electron chi connectivity index (χ2n) is 3.68. The molecule has 0 atom stereocenters. The van der Waals surface area contributed by atoms with E-state index in [1.807, 2.05) is 0 Å². The molecule has 108 valence electrons. The zero-order chi connectivity index (χ0) is 14.9. The van der Waals surface area contributed by atoms with Gasteiger partial charge in [-0.15, -0.1) is 0 Å². The molecular formula is C10H7ClF2N2O4S. The van der Waals surface area contributed by atoms with Crippen LogP contribution in [0, 0.1) is 18.6 Å². The number of ether oxygens (including phenoxy) is 1. The molecule has 1 heterocycles. The number of nitrogens with zero attached hydrogens (tertiary/aromatic N) is 2. The molecule has 0 amide bonds. The van der Waals surface area contributed by atoms with E-state index < -0.39 is 31.3 Å². The highest BCUT2D eigenvalue weighted by atomic mass is 35.7. The normalized spacial score (nSPS) is 11.6. The number of hydrogen-bond donors (Lipinski definition) is 0. The van der Waals surface area contributed by atoms with E-state index in [0.717, 1.165) is 0 Å². The van der Waals surface area contributed by atoms with Gasteiger partial charge in [0.2, 0.25) is 0 Å². The minimum absolute atomic E-state index is 0.0235. The first-order valence-corrected chi connectivity index (χ1v) is 7.44. The lowest BCUT2D eigenvalue weighted by molar-refractivity contribution is 0.224. The van der Waals surface area contributed by atoms with Crippen LogP contribution in [0.15, 0.2) is 21.6 Å². The van der Waals surface area contributed by atoms with Crippen LogP contribution in [0.3, 0.4) is 0 Å². The maximum Gasteiger partial charge on any atom is 0.264 e. The number of aromatic nitrogens is 2. The molecule has 1 aromatic carbocycles. The molecule has 0 aliphatic rings. The highest BCUT2D eigenvalue weighted by Crippen LogP contribution is 2.27. The van der Waals surface area contributed by atoms with Crippen LogP contribution in [0.2, 0.25) is 0 Å².